The van der Waals surface area contributed by atoms with Gasteiger partial charge in [-0.1, -0.05) is 41.4 Å². The van der Waals surface area contributed by atoms with Crippen LogP contribution in [0.2, 0.25) is 5.02 Å². The molecule has 6 atom stereocenters. The normalized spacial score (nSPS) is 30.8. The summed E-state index contributed by atoms with van der Waals surface area (Å²) in [6, 6.07) is 13.1. The molecule has 2 aliphatic heterocycles. The van der Waals surface area contributed by atoms with E-state index in [9.17, 15) is 33.1 Å². The minimum absolute atomic E-state index is 0.00689. The molecule has 2 saturated heterocycles. The van der Waals surface area contributed by atoms with Crippen LogP contribution in [-0.4, -0.2) is 38.5 Å². The number of carbonyl (C=O) groups is 4. The van der Waals surface area contributed by atoms with Gasteiger partial charge in [0.15, 0.2) is 21.3 Å². The Hall–Kier alpha value is -3.79. The topological polar surface area (TPSA) is 95.0 Å². The molecule has 0 radical (unpaired) electrons. The van der Waals surface area contributed by atoms with Crippen LogP contribution >= 0.6 is 34.8 Å². The monoisotopic (exact) mass is 670 g/mol. The SMILES string of the molecule is Cc1ccc(N2C(=O)C3CC=C4C(CC5(Cl)C(=O)N(c6ccc(F)cc6)C(=O)C5(Cl)C4c4cccc(F)c4O)C3C2=O)cc1Cl. The maximum Gasteiger partial charge on any atom is 0.258 e. The Morgan fingerprint density at radius 2 is 1.56 bits per heavy atom. The molecule has 2 aliphatic carbocycles. The molecular weight excluding hydrogens is 649 g/mol. The van der Waals surface area contributed by atoms with Gasteiger partial charge >= 0.3 is 0 Å². The Bertz CT molecular complexity index is 1880. The van der Waals surface area contributed by atoms with Gasteiger partial charge in [0.25, 0.3) is 11.8 Å². The van der Waals surface area contributed by atoms with Crippen molar-refractivity contribution in [2.75, 3.05) is 9.80 Å². The summed E-state index contributed by atoms with van der Waals surface area (Å²) in [5.41, 5.74) is 1.32. The second kappa shape index (κ2) is 10.1. The Labute approximate surface area is 271 Å². The number of nitrogens with zero attached hydrogens (tertiary/aromatic N) is 2. The molecule has 0 aromatic heterocycles. The zero-order chi connectivity index (χ0) is 32.2. The Morgan fingerprint density at radius 1 is 0.867 bits per heavy atom. The second-order valence-electron chi connectivity index (χ2n) is 11.9. The molecule has 3 aromatic rings. The van der Waals surface area contributed by atoms with Gasteiger partial charge in [-0.2, -0.15) is 0 Å². The molecule has 45 heavy (non-hydrogen) atoms. The molecule has 7 nitrogen and oxygen atoms in total. The van der Waals surface area contributed by atoms with Crippen molar-refractivity contribution in [1.82, 2.24) is 0 Å². The predicted octanol–water partition coefficient (Wildman–Crippen LogP) is 6.40. The van der Waals surface area contributed by atoms with Gasteiger partial charge in [-0.05, 0) is 73.7 Å². The van der Waals surface area contributed by atoms with Crippen LogP contribution in [0.4, 0.5) is 20.2 Å². The minimum atomic E-state index is -2.30. The number of halogens is 5. The van der Waals surface area contributed by atoms with Crippen molar-refractivity contribution in [3.63, 3.8) is 0 Å². The number of anilines is 2. The summed E-state index contributed by atoms with van der Waals surface area (Å²) < 4.78 is 28.6. The van der Waals surface area contributed by atoms with Crippen molar-refractivity contribution in [2.45, 2.75) is 35.4 Å². The molecule has 0 spiro atoms. The Morgan fingerprint density at radius 3 is 2.24 bits per heavy atom. The number of allylic oxidation sites excluding steroid dienone is 2. The first-order chi connectivity index (χ1) is 21.3. The standard InChI is InChI=1S/C33H23Cl3F2N2O5/c1-15-5-8-18(13-23(15)34)39-28(42)20-12-11-19-22(25(20)29(39)43)14-32(35)30(44)40(17-9-6-16(37)7-10-17)31(45)33(32,36)26(19)21-3-2-4-24(38)27(21)41/h2-11,13,20,22,25-26,41H,12,14H2,1H3. The molecular formula is C33H23Cl3F2N2O5. The highest BCUT2D eigenvalue weighted by Gasteiger charge is 2.77. The lowest BCUT2D eigenvalue weighted by atomic mass is 9.56. The molecule has 4 amide bonds. The van der Waals surface area contributed by atoms with Crippen molar-refractivity contribution in [3.05, 3.63) is 100 Å². The lowest BCUT2D eigenvalue weighted by Crippen LogP contribution is -2.60. The number of hydrogen-bond donors (Lipinski definition) is 1. The molecule has 6 unspecified atom stereocenters. The first kappa shape index (κ1) is 29.9. The van der Waals surface area contributed by atoms with Gasteiger partial charge in [-0.3, -0.25) is 19.2 Å². The van der Waals surface area contributed by atoms with Crippen molar-refractivity contribution >= 4 is 69.8 Å². The molecule has 1 N–H and O–H groups in total. The highest BCUT2D eigenvalue weighted by Crippen LogP contribution is 2.66. The minimum Gasteiger partial charge on any atom is -0.505 e. The van der Waals surface area contributed by atoms with Crippen LogP contribution in [0.15, 0.2) is 72.3 Å². The largest absolute Gasteiger partial charge is 0.505 e. The number of alkyl halides is 2. The van der Waals surface area contributed by atoms with Crippen molar-refractivity contribution in [1.29, 1.82) is 0 Å². The lowest BCUT2D eigenvalue weighted by molar-refractivity contribution is -0.125. The summed E-state index contributed by atoms with van der Waals surface area (Å²) in [7, 11) is 0. The Kier molecular flexibility index (Phi) is 6.71. The summed E-state index contributed by atoms with van der Waals surface area (Å²) in [5.74, 6) is -9.37. The first-order valence-electron chi connectivity index (χ1n) is 14.1. The molecule has 0 bridgehead atoms. The fraction of sp³-hybridized carbons (Fsp3) is 0.273. The highest BCUT2D eigenvalue weighted by atomic mass is 35.5. The molecule has 2 heterocycles. The average molecular weight is 672 g/mol. The van der Waals surface area contributed by atoms with Crippen LogP contribution in [-0.2, 0) is 19.2 Å². The quantitative estimate of drug-likeness (QED) is 0.198. The van der Waals surface area contributed by atoms with Crippen LogP contribution in [0.3, 0.4) is 0 Å². The number of hydrogen-bond acceptors (Lipinski definition) is 5. The lowest BCUT2D eigenvalue weighted by Gasteiger charge is -2.50. The molecule has 4 aliphatic rings. The number of para-hydroxylation sites is 1. The van der Waals surface area contributed by atoms with Crippen LogP contribution in [0.1, 0.15) is 29.9 Å². The van der Waals surface area contributed by atoms with Gasteiger partial charge in [0.2, 0.25) is 11.8 Å². The second-order valence-corrected chi connectivity index (χ2v) is 13.5. The van der Waals surface area contributed by atoms with Crippen molar-refractivity contribution < 1.29 is 33.1 Å². The van der Waals surface area contributed by atoms with E-state index >= 15 is 0 Å². The van der Waals surface area contributed by atoms with Gasteiger partial charge in [0.1, 0.15) is 5.82 Å². The molecule has 230 valence electrons. The van der Waals surface area contributed by atoms with Gasteiger partial charge in [-0.15, -0.1) is 23.2 Å². The van der Waals surface area contributed by atoms with E-state index in [0.717, 1.165) is 33.6 Å². The van der Waals surface area contributed by atoms with E-state index in [1.54, 1.807) is 25.1 Å². The average Bonchev–Trinajstić information content (AvgIpc) is 3.35. The number of phenolic OH excluding ortho intramolecular Hbond substituents is 1. The third-order valence-electron chi connectivity index (χ3n) is 9.64. The maximum absolute atomic E-state index is 14.8. The number of carbonyl (C=O) groups excluding carboxylic acids is 4. The summed E-state index contributed by atoms with van der Waals surface area (Å²) in [6.07, 6.45) is 1.44. The van der Waals surface area contributed by atoms with E-state index in [4.69, 9.17) is 34.8 Å². The summed E-state index contributed by atoms with van der Waals surface area (Å²) in [4.78, 5) is 53.8. The van der Waals surface area contributed by atoms with Crippen LogP contribution in [0.25, 0.3) is 0 Å². The molecule has 3 fully saturated rings. The molecule has 7 rings (SSSR count). The number of phenols is 1. The third kappa shape index (κ3) is 3.93. The van der Waals surface area contributed by atoms with E-state index < -0.39 is 74.4 Å². The number of aromatic hydroxyl groups is 1. The molecule has 3 aromatic carbocycles. The van der Waals surface area contributed by atoms with Crippen molar-refractivity contribution in [2.24, 2.45) is 17.8 Å². The van der Waals surface area contributed by atoms with Crippen LogP contribution in [0.5, 0.6) is 5.75 Å². The number of aryl methyl sites for hydroxylation is 1. The predicted molar refractivity (Wildman–Crippen MR) is 163 cm³/mol. The number of imide groups is 2. The summed E-state index contributed by atoms with van der Waals surface area (Å²) in [5, 5.41) is 11.3. The zero-order valence-corrected chi connectivity index (χ0v) is 25.7. The fourth-order valence-electron chi connectivity index (χ4n) is 7.48. The van der Waals surface area contributed by atoms with Gasteiger partial charge < -0.3 is 5.11 Å². The smallest absolute Gasteiger partial charge is 0.258 e. The number of fused-ring (bicyclic) bond motifs is 4. The first-order valence-corrected chi connectivity index (χ1v) is 15.3. The van der Waals surface area contributed by atoms with E-state index in [1.807, 2.05) is 0 Å². The fourth-order valence-corrected chi connectivity index (χ4v) is 8.59. The molecule has 12 heteroatoms. The maximum atomic E-state index is 14.8. The van der Waals surface area contributed by atoms with E-state index in [0.29, 0.717) is 10.6 Å². The van der Waals surface area contributed by atoms with Gasteiger partial charge in [-0.25, -0.2) is 18.6 Å². The zero-order valence-electron chi connectivity index (χ0n) is 23.4. The highest BCUT2D eigenvalue weighted by molar-refractivity contribution is 6.58. The van der Waals surface area contributed by atoms with Crippen LogP contribution < -0.4 is 9.80 Å². The Balaban J connectivity index is 1.41. The number of benzene rings is 3. The summed E-state index contributed by atoms with van der Waals surface area (Å²) >= 11 is 20.8. The van der Waals surface area contributed by atoms with E-state index in [-0.39, 0.29) is 29.8 Å². The van der Waals surface area contributed by atoms with Gasteiger partial charge in [0, 0.05) is 16.5 Å². The van der Waals surface area contributed by atoms with Gasteiger partial charge in [0.05, 0.1) is 23.2 Å². The van der Waals surface area contributed by atoms with E-state index in [2.05, 4.69) is 0 Å². The third-order valence-corrected chi connectivity index (χ3v) is 11.5. The van der Waals surface area contributed by atoms with Crippen LogP contribution in [0, 0.1) is 36.3 Å². The number of amides is 4. The number of rotatable bonds is 3. The molecule has 1 saturated carbocycles. The summed E-state index contributed by atoms with van der Waals surface area (Å²) in [6.45, 7) is 1.78. The van der Waals surface area contributed by atoms with E-state index in [1.165, 1.54) is 30.3 Å². The van der Waals surface area contributed by atoms with Crippen molar-refractivity contribution in [3.8, 4) is 5.75 Å².